The quantitative estimate of drug-likeness (QED) is 0.590. The van der Waals surface area contributed by atoms with Gasteiger partial charge in [-0.1, -0.05) is 13.0 Å². The van der Waals surface area contributed by atoms with Gasteiger partial charge in [-0.15, -0.1) is 11.8 Å². The van der Waals surface area contributed by atoms with Crippen molar-refractivity contribution in [1.29, 1.82) is 0 Å². The summed E-state index contributed by atoms with van der Waals surface area (Å²) in [5.41, 5.74) is 1.41. The van der Waals surface area contributed by atoms with E-state index >= 15 is 0 Å². The van der Waals surface area contributed by atoms with Crippen molar-refractivity contribution in [3.05, 3.63) is 54.1 Å². The maximum Gasteiger partial charge on any atom is 0.335 e. The van der Waals surface area contributed by atoms with Gasteiger partial charge in [-0.3, -0.25) is 9.59 Å². The molecule has 0 spiro atoms. The number of thioether (sulfide) groups is 1. The first-order chi connectivity index (χ1) is 12.9. The second kappa shape index (κ2) is 9.78. The third kappa shape index (κ3) is 6.45. The Hall–Kier alpha value is -2.80. The van der Waals surface area contributed by atoms with E-state index in [1.54, 1.807) is 19.1 Å². The number of carboxylic acids is 1. The van der Waals surface area contributed by atoms with Crippen LogP contribution in [0, 0.1) is 0 Å². The van der Waals surface area contributed by atoms with Gasteiger partial charge in [0.15, 0.2) is 0 Å². The molecule has 1 atom stereocenters. The highest BCUT2D eigenvalue weighted by Crippen LogP contribution is 2.26. The van der Waals surface area contributed by atoms with E-state index in [4.69, 9.17) is 5.11 Å². The number of carboxylic acid groups (broad SMARTS) is 1. The fraction of sp³-hybridized carbons (Fsp3) is 0.250. The van der Waals surface area contributed by atoms with Crippen molar-refractivity contribution in [1.82, 2.24) is 0 Å². The van der Waals surface area contributed by atoms with Gasteiger partial charge in [0, 0.05) is 22.7 Å². The Kier molecular flexibility index (Phi) is 7.43. The van der Waals surface area contributed by atoms with Gasteiger partial charge in [-0.25, -0.2) is 4.79 Å². The monoisotopic (exact) mass is 386 g/mol. The molecule has 0 aromatic heterocycles. The molecule has 2 amide bonds. The molecule has 6 nitrogen and oxygen atoms in total. The van der Waals surface area contributed by atoms with E-state index in [0.29, 0.717) is 17.8 Å². The molecule has 0 saturated heterocycles. The SMILES string of the molecule is CCCC(=O)Nc1cccc(SC(C)C(=O)Nc2ccc(C(=O)O)cc2)c1. The predicted molar refractivity (Wildman–Crippen MR) is 107 cm³/mol. The Morgan fingerprint density at radius 2 is 1.74 bits per heavy atom. The number of aromatic carboxylic acids is 1. The summed E-state index contributed by atoms with van der Waals surface area (Å²) in [6.45, 7) is 3.73. The van der Waals surface area contributed by atoms with E-state index in [-0.39, 0.29) is 22.6 Å². The standard InChI is InChI=1S/C20H22N2O4S/c1-3-5-18(23)21-16-6-4-7-17(12-16)27-13(2)19(24)22-15-10-8-14(9-11-15)20(25)26/h4,6-13H,3,5H2,1-2H3,(H,21,23)(H,22,24)(H,25,26). The highest BCUT2D eigenvalue weighted by atomic mass is 32.2. The molecule has 2 aromatic rings. The third-order valence-electron chi connectivity index (χ3n) is 3.68. The number of anilines is 2. The molecule has 2 aromatic carbocycles. The van der Waals surface area contributed by atoms with Crippen molar-refractivity contribution < 1.29 is 19.5 Å². The lowest BCUT2D eigenvalue weighted by Gasteiger charge is -2.13. The number of nitrogens with one attached hydrogen (secondary N) is 2. The van der Waals surface area contributed by atoms with Gasteiger partial charge in [-0.2, -0.15) is 0 Å². The van der Waals surface area contributed by atoms with Gasteiger partial charge in [0.1, 0.15) is 0 Å². The van der Waals surface area contributed by atoms with Gasteiger partial charge >= 0.3 is 5.97 Å². The van der Waals surface area contributed by atoms with Crippen molar-refractivity contribution in [3.63, 3.8) is 0 Å². The Balaban J connectivity index is 1.95. The Labute approximate surface area is 162 Å². The summed E-state index contributed by atoms with van der Waals surface area (Å²) in [5.74, 6) is -1.23. The molecular formula is C20H22N2O4S. The maximum atomic E-state index is 12.4. The summed E-state index contributed by atoms with van der Waals surface area (Å²) in [6, 6.07) is 13.4. The topological polar surface area (TPSA) is 95.5 Å². The summed E-state index contributed by atoms with van der Waals surface area (Å²) in [4.78, 5) is 35.8. The van der Waals surface area contributed by atoms with Crippen LogP contribution in [-0.4, -0.2) is 28.1 Å². The van der Waals surface area contributed by atoms with Crippen LogP contribution in [0.5, 0.6) is 0 Å². The average Bonchev–Trinajstić information content (AvgIpc) is 2.62. The molecule has 27 heavy (non-hydrogen) atoms. The zero-order valence-corrected chi connectivity index (χ0v) is 16.0. The van der Waals surface area contributed by atoms with E-state index in [1.165, 1.54) is 23.9 Å². The molecule has 0 bridgehead atoms. The zero-order chi connectivity index (χ0) is 19.8. The molecule has 2 rings (SSSR count). The fourth-order valence-corrected chi connectivity index (χ4v) is 3.22. The molecule has 7 heteroatoms. The van der Waals surface area contributed by atoms with Gasteiger partial charge in [0.05, 0.1) is 10.8 Å². The van der Waals surface area contributed by atoms with E-state index in [2.05, 4.69) is 10.6 Å². The summed E-state index contributed by atoms with van der Waals surface area (Å²) in [7, 11) is 0. The van der Waals surface area contributed by atoms with Gasteiger partial charge in [0.2, 0.25) is 11.8 Å². The minimum Gasteiger partial charge on any atom is -0.478 e. The molecule has 0 aliphatic carbocycles. The number of carbonyl (C=O) groups is 3. The van der Waals surface area contributed by atoms with Crippen molar-refractivity contribution in [2.24, 2.45) is 0 Å². The number of amides is 2. The van der Waals surface area contributed by atoms with E-state index < -0.39 is 5.97 Å². The van der Waals surface area contributed by atoms with Crippen molar-refractivity contribution in [2.75, 3.05) is 10.6 Å². The minimum absolute atomic E-state index is 0.0322. The highest BCUT2D eigenvalue weighted by molar-refractivity contribution is 8.00. The number of benzene rings is 2. The third-order valence-corrected chi connectivity index (χ3v) is 4.77. The molecular weight excluding hydrogens is 364 g/mol. The average molecular weight is 386 g/mol. The van der Waals surface area contributed by atoms with Crippen LogP contribution in [0.15, 0.2) is 53.4 Å². The van der Waals surface area contributed by atoms with Crippen LogP contribution in [0.4, 0.5) is 11.4 Å². The molecule has 0 radical (unpaired) electrons. The number of hydrogen-bond acceptors (Lipinski definition) is 4. The first-order valence-electron chi connectivity index (χ1n) is 8.60. The molecule has 142 valence electrons. The van der Waals surface area contributed by atoms with Crippen molar-refractivity contribution in [2.45, 2.75) is 36.8 Å². The lowest BCUT2D eigenvalue weighted by molar-refractivity contribution is -0.116. The van der Waals surface area contributed by atoms with E-state index in [1.807, 2.05) is 31.2 Å². The summed E-state index contributed by atoms with van der Waals surface area (Å²) in [5, 5.41) is 14.1. The van der Waals surface area contributed by atoms with Gasteiger partial charge < -0.3 is 15.7 Å². The predicted octanol–water partition coefficient (Wildman–Crippen LogP) is 4.24. The Morgan fingerprint density at radius 3 is 2.37 bits per heavy atom. The second-order valence-electron chi connectivity index (χ2n) is 5.96. The molecule has 0 aliphatic rings. The van der Waals surface area contributed by atoms with Crippen LogP contribution in [0.2, 0.25) is 0 Å². The number of hydrogen-bond donors (Lipinski definition) is 3. The summed E-state index contributed by atoms with van der Waals surface area (Å²) >= 11 is 1.38. The summed E-state index contributed by atoms with van der Waals surface area (Å²) < 4.78 is 0. The van der Waals surface area contributed by atoms with Crippen LogP contribution in [0.1, 0.15) is 37.0 Å². The lowest BCUT2D eigenvalue weighted by atomic mass is 10.2. The van der Waals surface area contributed by atoms with Gasteiger partial charge in [-0.05, 0) is 55.8 Å². The zero-order valence-electron chi connectivity index (χ0n) is 15.2. The molecule has 0 aliphatic heterocycles. The maximum absolute atomic E-state index is 12.4. The molecule has 3 N–H and O–H groups in total. The first kappa shape index (κ1) is 20.5. The number of carbonyl (C=O) groups excluding carboxylic acids is 2. The van der Waals surface area contributed by atoms with Crippen molar-refractivity contribution in [3.8, 4) is 0 Å². The first-order valence-corrected chi connectivity index (χ1v) is 9.47. The second-order valence-corrected chi connectivity index (χ2v) is 7.37. The van der Waals surface area contributed by atoms with E-state index in [0.717, 1.165) is 11.3 Å². The Bertz CT molecular complexity index is 821. The molecule has 0 heterocycles. The lowest BCUT2D eigenvalue weighted by Crippen LogP contribution is -2.22. The molecule has 0 fully saturated rings. The van der Waals surface area contributed by atoms with Crippen LogP contribution >= 0.6 is 11.8 Å². The Morgan fingerprint density at radius 1 is 1.04 bits per heavy atom. The van der Waals surface area contributed by atoms with Crippen LogP contribution in [0.25, 0.3) is 0 Å². The fourth-order valence-electron chi connectivity index (χ4n) is 2.30. The number of rotatable bonds is 8. The minimum atomic E-state index is -1.01. The molecule has 0 saturated carbocycles. The van der Waals surface area contributed by atoms with Crippen LogP contribution in [-0.2, 0) is 9.59 Å². The van der Waals surface area contributed by atoms with Crippen LogP contribution in [0.3, 0.4) is 0 Å². The molecule has 1 unspecified atom stereocenters. The largest absolute Gasteiger partial charge is 0.478 e. The van der Waals surface area contributed by atoms with E-state index in [9.17, 15) is 14.4 Å². The normalized spacial score (nSPS) is 11.5. The summed E-state index contributed by atoms with van der Waals surface area (Å²) in [6.07, 6.45) is 1.25. The highest BCUT2D eigenvalue weighted by Gasteiger charge is 2.15. The van der Waals surface area contributed by atoms with Crippen LogP contribution < -0.4 is 10.6 Å². The smallest absolute Gasteiger partial charge is 0.335 e. The van der Waals surface area contributed by atoms with Gasteiger partial charge in [0.25, 0.3) is 0 Å². The van der Waals surface area contributed by atoms with Crippen molar-refractivity contribution >= 4 is 40.9 Å².